The molecule has 1 aromatic carbocycles. The summed E-state index contributed by atoms with van der Waals surface area (Å²) < 4.78 is 0. The van der Waals surface area contributed by atoms with Crippen LogP contribution in [0, 0.1) is 6.92 Å². The molecule has 0 bridgehead atoms. The topological polar surface area (TPSA) is 83.4 Å². The van der Waals surface area contributed by atoms with Crippen molar-refractivity contribution < 1.29 is 14.7 Å². The summed E-state index contributed by atoms with van der Waals surface area (Å²) in [6.07, 6.45) is 2.98. The van der Waals surface area contributed by atoms with E-state index in [0.717, 1.165) is 42.8 Å². The van der Waals surface area contributed by atoms with Gasteiger partial charge in [-0.15, -0.1) is 0 Å². The highest BCUT2D eigenvalue weighted by atomic mass is 16.4. The number of carboxylic acids is 1. The summed E-state index contributed by atoms with van der Waals surface area (Å²) in [7, 11) is 0. The summed E-state index contributed by atoms with van der Waals surface area (Å²) in [6, 6.07) is 8.52. The summed E-state index contributed by atoms with van der Waals surface area (Å²) in [6.45, 7) is 4.18. The van der Waals surface area contributed by atoms with Crippen LogP contribution in [0.3, 0.4) is 0 Å². The zero-order valence-corrected chi connectivity index (χ0v) is 14.4. The number of aryl methyl sites for hydroxylation is 1. The van der Waals surface area contributed by atoms with Crippen molar-refractivity contribution in [2.45, 2.75) is 39.2 Å². The van der Waals surface area contributed by atoms with E-state index in [1.807, 2.05) is 17.9 Å². The average Bonchev–Trinajstić information content (AvgIpc) is 2.61. The molecule has 1 fully saturated rings. The fourth-order valence-electron chi connectivity index (χ4n) is 3.31. The maximum atomic E-state index is 12.0. The maximum absolute atomic E-state index is 12.0. The molecule has 6 heteroatoms. The number of carboxylic acid groups (broad SMARTS) is 1. The smallest absolute Gasteiger partial charge is 0.335 e. The van der Waals surface area contributed by atoms with Crippen LogP contribution in [0.25, 0.3) is 11.3 Å². The summed E-state index contributed by atoms with van der Waals surface area (Å²) in [5, 5.41) is 9.02. The largest absolute Gasteiger partial charge is 0.478 e. The van der Waals surface area contributed by atoms with E-state index in [-0.39, 0.29) is 17.5 Å². The molecule has 1 saturated heterocycles. The van der Waals surface area contributed by atoms with Crippen LogP contribution in [-0.2, 0) is 4.79 Å². The molecule has 0 saturated carbocycles. The third-order valence-corrected chi connectivity index (χ3v) is 4.53. The van der Waals surface area contributed by atoms with E-state index in [1.54, 1.807) is 31.2 Å². The van der Waals surface area contributed by atoms with Crippen molar-refractivity contribution in [3.63, 3.8) is 0 Å². The first-order valence-electron chi connectivity index (χ1n) is 8.42. The van der Waals surface area contributed by atoms with Gasteiger partial charge in [0, 0.05) is 19.0 Å². The molecule has 0 radical (unpaired) electrons. The van der Waals surface area contributed by atoms with Crippen molar-refractivity contribution in [3.05, 3.63) is 47.4 Å². The SMILES string of the molecule is CC(=O)N1CCCC[C@@H]1c1cc(-c2ccc(C(=O)O)cc2)nc(C)n1. The Morgan fingerprint density at radius 3 is 2.52 bits per heavy atom. The number of aromatic nitrogens is 2. The number of carbonyl (C=O) groups excluding carboxylic acids is 1. The van der Waals surface area contributed by atoms with Gasteiger partial charge in [-0.05, 0) is 44.4 Å². The predicted molar refractivity (Wildman–Crippen MR) is 93.1 cm³/mol. The Morgan fingerprint density at radius 2 is 1.88 bits per heavy atom. The standard InChI is InChI=1S/C19H21N3O3/c1-12-20-16(14-6-8-15(9-7-14)19(24)25)11-17(21-12)18-5-3-4-10-22(18)13(2)23/h6-9,11,18H,3-5,10H2,1-2H3,(H,24,25)/t18-/m1/s1. The number of aromatic carboxylic acids is 1. The second-order valence-electron chi connectivity index (χ2n) is 6.33. The Kier molecular flexibility index (Phi) is 4.79. The zero-order valence-electron chi connectivity index (χ0n) is 14.4. The number of likely N-dealkylation sites (tertiary alicyclic amines) is 1. The number of carbonyl (C=O) groups is 2. The number of hydrogen-bond donors (Lipinski definition) is 1. The molecule has 1 N–H and O–H groups in total. The first-order valence-corrected chi connectivity index (χ1v) is 8.42. The molecule has 1 amide bonds. The summed E-state index contributed by atoms with van der Waals surface area (Å²) >= 11 is 0. The quantitative estimate of drug-likeness (QED) is 0.928. The van der Waals surface area contributed by atoms with Gasteiger partial charge in [-0.3, -0.25) is 4.79 Å². The van der Waals surface area contributed by atoms with Gasteiger partial charge < -0.3 is 10.0 Å². The molecule has 130 valence electrons. The minimum absolute atomic E-state index is 0.0232. The first kappa shape index (κ1) is 17.1. The third kappa shape index (κ3) is 3.68. The second kappa shape index (κ2) is 7.01. The number of amides is 1. The van der Waals surface area contributed by atoms with Gasteiger partial charge in [0.25, 0.3) is 0 Å². The maximum Gasteiger partial charge on any atom is 0.335 e. The molecule has 0 aliphatic carbocycles. The van der Waals surface area contributed by atoms with Gasteiger partial charge in [0.1, 0.15) is 5.82 Å². The van der Waals surface area contributed by atoms with Crippen molar-refractivity contribution in [3.8, 4) is 11.3 Å². The van der Waals surface area contributed by atoms with E-state index in [1.165, 1.54) is 0 Å². The minimum Gasteiger partial charge on any atom is -0.478 e. The van der Waals surface area contributed by atoms with Crippen LogP contribution in [0.4, 0.5) is 0 Å². The van der Waals surface area contributed by atoms with Gasteiger partial charge in [-0.25, -0.2) is 14.8 Å². The lowest BCUT2D eigenvalue weighted by Gasteiger charge is -2.34. The zero-order chi connectivity index (χ0) is 18.0. The number of benzene rings is 1. The van der Waals surface area contributed by atoms with Crippen molar-refractivity contribution in [2.75, 3.05) is 6.54 Å². The molecule has 1 atom stereocenters. The highest BCUT2D eigenvalue weighted by Gasteiger charge is 2.27. The van der Waals surface area contributed by atoms with Crippen LogP contribution in [0.15, 0.2) is 30.3 Å². The average molecular weight is 339 g/mol. The Balaban J connectivity index is 1.97. The molecular formula is C19H21N3O3. The van der Waals surface area contributed by atoms with Crippen molar-refractivity contribution >= 4 is 11.9 Å². The second-order valence-corrected chi connectivity index (χ2v) is 6.33. The molecule has 0 unspecified atom stereocenters. The normalized spacial score (nSPS) is 17.4. The van der Waals surface area contributed by atoms with Crippen LogP contribution in [0.1, 0.15) is 54.1 Å². The molecule has 1 aromatic heterocycles. The fourth-order valence-corrected chi connectivity index (χ4v) is 3.31. The summed E-state index contributed by atoms with van der Waals surface area (Å²) in [5.74, 6) is -0.248. The van der Waals surface area contributed by atoms with Gasteiger partial charge in [0.2, 0.25) is 5.91 Å². The highest BCUT2D eigenvalue weighted by molar-refractivity contribution is 5.88. The number of rotatable bonds is 3. The van der Waals surface area contributed by atoms with E-state index >= 15 is 0 Å². The summed E-state index contributed by atoms with van der Waals surface area (Å²) in [4.78, 5) is 33.9. The Morgan fingerprint density at radius 1 is 1.16 bits per heavy atom. The van der Waals surface area contributed by atoms with Crippen LogP contribution in [-0.4, -0.2) is 38.4 Å². The summed E-state index contributed by atoms with van der Waals surface area (Å²) in [5.41, 5.74) is 2.67. The van der Waals surface area contributed by atoms with Crippen LogP contribution in [0.5, 0.6) is 0 Å². The highest BCUT2D eigenvalue weighted by Crippen LogP contribution is 2.31. The molecule has 3 rings (SSSR count). The predicted octanol–water partition coefficient (Wildman–Crippen LogP) is 3.22. The minimum atomic E-state index is -0.953. The lowest BCUT2D eigenvalue weighted by Crippen LogP contribution is -2.37. The molecule has 1 aliphatic rings. The molecule has 2 heterocycles. The van der Waals surface area contributed by atoms with Gasteiger partial charge >= 0.3 is 5.97 Å². The van der Waals surface area contributed by atoms with E-state index in [0.29, 0.717) is 5.82 Å². The number of hydrogen-bond acceptors (Lipinski definition) is 4. The van der Waals surface area contributed by atoms with Crippen molar-refractivity contribution in [1.82, 2.24) is 14.9 Å². The van der Waals surface area contributed by atoms with Crippen LogP contribution in [0.2, 0.25) is 0 Å². The molecule has 2 aromatic rings. The first-order chi connectivity index (χ1) is 12.0. The van der Waals surface area contributed by atoms with E-state index in [9.17, 15) is 9.59 Å². The van der Waals surface area contributed by atoms with E-state index < -0.39 is 5.97 Å². The van der Waals surface area contributed by atoms with Crippen molar-refractivity contribution in [2.24, 2.45) is 0 Å². The van der Waals surface area contributed by atoms with Crippen LogP contribution < -0.4 is 0 Å². The lowest BCUT2D eigenvalue weighted by atomic mass is 9.97. The Labute approximate surface area is 146 Å². The van der Waals surface area contributed by atoms with E-state index in [2.05, 4.69) is 9.97 Å². The van der Waals surface area contributed by atoms with Gasteiger partial charge in [0.15, 0.2) is 0 Å². The van der Waals surface area contributed by atoms with Crippen LogP contribution >= 0.6 is 0 Å². The molecule has 1 aliphatic heterocycles. The van der Waals surface area contributed by atoms with Crippen molar-refractivity contribution in [1.29, 1.82) is 0 Å². The molecule has 25 heavy (non-hydrogen) atoms. The molecule has 6 nitrogen and oxygen atoms in total. The van der Waals surface area contributed by atoms with Gasteiger partial charge in [-0.1, -0.05) is 12.1 Å². The monoisotopic (exact) mass is 339 g/mol. The molecular weight excluding hydrogens is 318 g/mol. The number of piperidine rings is 1. The lowest BCUT2D eigenvalue weighted by molar-refractivity contribution is -0.132. The van der Waals surface area contributed by atoms with Gasteiger partial charge in [0.05, 0.1) is 23.0 Å². The Bertz CT molecular complexity index is 802. The number of nitrogens with zero attached hydrogens (tertiary/aromatic N) is 3. The Hall–Kier alpha value is -2.76. The van der Waals surface area contributed by atoms with Gasteiger partial charge in [-0.2, -0.15) is 0 Å². The van der Waals surface area contributed by atoms with E-state index in [4.69, 9.17) is 5.11 Å². The fraction of sp³-hybridized carbons (Fsp3) is 0.368. The third-order valence-electron chi connectivity index (χ3n) is 4.53. The molecule has 0 spiro atoms.